The van der Waals surface area contributed by atoms with Crippen LogP contribution in [-0.2, 0) is 19.6 Å². The zero-order chi connectivity index (χ0) is 19.3. The molecule has 1 amide bonds. The number of nitrogens with zero attached hydrogens (tertiary/aromatic N) is 1. The van der Waals surface area contributed by atoms with E-state index in [0.717, 1.165) is 5.56 Å². The van der Waals surface area contributed by atoms with Gasteiger partial charge in [0.25, 0.3) is 0 Å². The van der Waals surface area contributed by atoms with Crippen molar-refractivity contribution in [1.29, 1.82) is 0 Å². The van der Waals surface area contributed by atoms with Crippen LogP contribution < -0.4 is 11.1 Å². The molecule has 144 valence electrons. The summed E-state index contributed by atoms with van der Waals surface area (Å²) in [6.45, 7) is 1.41. The maximum Gasteiger partial charge on any atom is 0.243 e. The summed E-state index contributed by atoms with van der Waals surface area (Å²) in [4.78, 5) is 12.4. The molecule has 1 fully saturated rings. The van der Waals surface area contributed by atoms with Crippen LogP contribution >= 0.6 is 0 Å². The maximum atomic E-state index is 12.7. The predicted molar refractivity (Wildman–Crippen MR) is 103 cm³/mol. The molecule has 27 heavy (non-hydrogen) atoms. The van der Waals surface area contributed by atoms with Crippen LogP contribution in [0, 0.1) is 0 Å². The van der Waals surface area contributed by atoms with Crippen LogP contribution in [0.2, 0.25) is 0 Å². The van der Waals surface area contributed by atoms with E-state index in [1.165, 1.54) is 16.4 Å². The average Bonchev–Trinajstić information content (AvgIpc) is 2.69. The van der Waals surface area contributed by atoms with Crippen molar-refractivity contribution in [3.63, 3.8) is 0 Å². The molecule has 8 heteroatoms. The number of anilines is 1. The second-order valence-corrected chi connectivity index (χ2v) is 8.25. The van der Waals surface area contributed by atoms with Crippen LogP contribution in [0.3, 0.4) is 0 Å². The fraction of sp³-hybridized carbons (Fsp3) is 0.316. The number of rotatable bonds is 6. The van der Waals surface area contributed by atoms with Crippen molar-refractivity contribution in [1.82, 2.24) is 4.31 Å². The van der Waals surface area contributed by atoms with Crippen molar-refractivity contribution in [2.75, 3.05) is 31.6 Å². The molecule has 0 aromatic heterocycles. The van der Waals surface area contributed by atoms with E-state index in [4.69, 9.17) is 10.5 Å². The van der Waals surface area contributed by atoms with Gasteiger partial charge in [0.1, 0.15) is 0 Å². The molecular weight excluding hydrogens is 366 g/mol. The first-order chi connectivity index (χ1) is 13.0. The summed E-state index contributed by atoms with van der Waals surface area (Å²) in [5.41, 5.74) is 7.37. The molecule has 7 nitrogen and oxygen atoms in total. The summed E-state index contributed by atoms with van der Waals surface area (Å²) < 4.78 is 32.0. The molecule has 0 bridgehead atoms. The number of hydrogen-bond acceptors (Lipinski definition) is 5. The lowest BCUT2D eigenvalue weighted by Gasteiger charge is -2.26. The Bertz CT molecular complexity index is 881. The van der Waals surface area contributed by atoms with Gasteiger partial charge in [-0.2, -0.15) is 4.31 Å². The number of ether oxygens (including phenoxy) is 1. The van der Waals surface area contributed by atoms with E-state index < -0.39 is 16.1 Å². The van der Waals surface area contributed by atoms with E-state index in [-0.39, 0.29) is 17.2 Å². The van der Waals surface area contributed by atoms with Gasteiger partial charge >= 0.3 is 0 Å². The van der Waals surface area contributed by atoms with Gasteiger partial charge in [-0.25, -0.2) is 8.42 Å². The molecule has 0 radical (unpaired) electrons. The Morgan fingerprint density at radius 2 is 1.81 bits per heavy atom. The molecule has 1 unspecified atom stereocenters. The zero-order valence-electron chi connectivity index (χ0n) is 14.9. The minimum atomic E-state index is -3.61. The molecule has 0 saturated carbocycles. The van der Waals surface area contributed by atoms with E-state index in [1.54, 1.807) is 12.1 Å². The number of hydrogen-bond donors (Lipinski definition) is 2. The Labute approximate surface area is 159 Å². The number of carbonyl (C=O) groups is 1. The molecule has 0 spiro atoms. The van der Waals surface area contributed by atoms with Gasteiger partial charge in [0, 0.05) is 31.2 Å². The van der Waals surface area contributed by atoms with Crippen LogP contribution in [-0.4, -0.2) is 44.9 Å². The smallest absolute Gasteiger partial charge is 0.243 e. The van der Waals surface area contributed by atoms with Crippen LogP contribution in [0.15, 0.2) is 59.5 Å². The second kappa shape index (κ2) is 8.62. The van der Waals surface area contributed by atoms with Gasteiger partial charge in [0.2, 0.25) is 15.9 Å². The van der Waals surface area contributed by atoms with Gasteiger partial charge in [-0.1, -0.05) is 36.4 Å². The highest BCUT2D eigenvalue weighted by atomic mass is 32.2. The average molecular weight is 389 g/mol. The molecule has 1 aliphatic heterocycles. The van der Waals surface area contributed by atoms with Gasteiger partial charge in [-0.3, -0.25) is 4.79 Å². The van der Waals surface area contributed by atoms with Crippen molar-refractivity contribution in [3.05, 3.63) is 60.2 Å². The molecular formula is C19H23N3O4S. The largest absolute Gasteiger partial charge is 0.379 e. The maximum absolute atomic E-state index is 12.7. The highest BCUT2D eigenvalue weighted by Gasteiger charge is 2.26. The zero-order valence-corrected chi connectivity index (χ0v) is 15.7. The molecule has 1 atom stereocenters. The summed E-state index contributed by atoms with van der Waals surface area (Å²) in [7, 11) is -3.61. The summed E-state index contributed by atoms with van der Waals surface area (Å²) in [6.07, 6.45) is 0.102. The Kier molecular flexibility index (Phi) is 6.22. The molecule has 1 saturated heterocycles. The number of benzene rings is 2. The molecule has 2 aromatic carbocycles. The highest BCUT2D eigenvalue weighted by Crippen LogP contribution is 2.21. The SMILES string of the molecule is NC(CC(=O)Nc1cccc(S(=O)(=O)N2CCOCC2)c1)c1ccccc1. The van der Waals surface area contributed by atoms with Crippen molar-refractivity contribution in [3.8, 4) is 0 Å². The standard InChI is InChI=1S/C19H23N3O4S/c20-18(15-5-2-1-3-6-15)14-19(23)21-16-7-4-8-17(13-16)27(24,25)22-9-11-26-12-10-22/h1-8,13,18H,9-12,14,20H2,(H,21,23). The lowest BCUT2D eigenvalue weighted by Crippen LogP contribution is -2.40. The van der Waals surface area contributed by atoms with Gasteiger partial charge in [0.15, 0.2) is 0 Å². The molecule has 2 aromatic rings. The third-order valence-electron chi connectivity index (χ3n) is 4.36. The Morgan fingerprint density at radius 3 is 2.52 bits per heavy atom. The van der Waals surface area contributed by atoms with Crippen LogP contribution in [0.25, 0.3) is 0 Å². The van der Waals surface area contributed by atoms with Gasteiger partial charge in [0.05, 0.1) is 18.1 Å². The van der Waals surface area contributed by atoms with Gasteiger partial charge in [-0.15, -0.1) is 0 Å². The number of carbonyl (C=O) groups excluding carboxylic acids is 1. The first-order valence-electron chi connectivity index (χ1n) is 8.75. The number of amides is 1. The van der Waals surface area contributed by atoms with Crippen LogP contribution in [0.1, 0.15) is 18.0 Å². The number of morpholine rings is 1. The fourth-order valence-corrected chi connectivity index (χ4v) is 4.35. The molecule has 1 aliphatic rings. The lowest BCUT2D eigenvalue weighted by atomic mass is 10.0. The second-order valence-electron chi connectivity index (χ2n) is 6.31. The molecule has 0 aliphatic carbocycles. The van der Waals surface area contributed by atoms with Crippen molar-refractivity contribution in [2.24, 2.45) is 5.73 Å². The summed E-state index contributed by atoms with van der Waals surface area (Å²) in [5.74, 6) is -0.271. The van der Waals surface area contributed by atoms with Crippen molar-refractivity contribution >= 4 is 21.6 Å². The quantitative estimate of drug-likeness (QED) is 0.784. The predicted octanol–water partition coefficient (Wildman–Crippen LogP) is 1.74. The van der Waals surface area contributed by atoms with E-state index in [0.29, 0.717) is 32.0 Å². The Balaban J connectivity index is 1.67. The van der Waals surface area contributed by atoms with E-state index in [2.05, 4.69) is 5.32 Å². The van der Waals surface area contributed by atoms with Crippen LogP contribution in [0.5, 0.6) is 0 Å². The summed E-state index contributed by atoms with van der Waals surface area (Å²) >= 11 is 0. The number of nitrogens with two attached hydrogens (primary N) is 1. The Hall–Kier alpha value is -2.26. The van der Waals surface area contributed by atoms with Crippen LogP contribution in [0.4, 0.5) is 5.69 Å². The first-order valence-corrected chi connectivity index (χ1v) is 10.2. The van der Waals surface area contributed by atoms with E-state index >= 15 is 0 Å². The normalized spacial score (nSPS) is 16.6. The molecule has 1 heterocycles. The Morgan fingerprint density at radius 1 is 1.11 bits per heavy atom. The van der Waals surface area contributed by atoms with Gasteiger partial charge < -0.3 is 15.8 Å². The first kappa shape index (κ1) is 19.5. The third kappa shape index (κ3) is 4.92. The van der Waals surface area contributed by atoms with Crippen molar-refractivity contribution in [2.45, 2.75) is 17.4 Å². The van der Waals surface area contributed by atoms with Gasteiger partial charge in [-0.05, 0) is 23.8 Å². The topological polar surface area (TPSA) is 102 Å². The highest BCUT2D eigenvalue weighted by molar-refractivity contribution is 7.89. The molecule has 3 N–H and O–H groups in total. The number of sulfonamides is 1. The van der Waals surface area contributed by atoms with E-state index in [9.17, 15) is 13.2 Å². The van der Waals surface area contributed by atoms with Crippen molar-refractivity contribution < 1.29 is 17.9 Å². The number of nitrogens with one attached hydrogen (secondary N) is 1. The third-order valence-corrected chi connectivity index (χ3v) is 6.25. The fourth-order valence-electron chi connectivity index (χ4n) is 2.90. The molecule has 3 rings (SSSR count). The minimum Gasteiger partial charge on any atom is -0.379 e. The monoisotopic (exact) mass is 389 g/mol. The minimum absolute atomic E-state index is 0.102. The van der Waals surface area contributed by atoms with E-state index in [1.807, 2.05) is 30.3 Å². The summed E-state index contributed by atoms with van der Waals surface area (Å²) in [5, 5.41) is 2.73. The lowest BCUT2D eigenvalue weighted by molar-refractivity contribution is -0.116. The summed E-state index contributed by atoms with van der Waals surface area (Å²) in [6, 6.07) is 15.2.